The summed E-state index contributed by atoms with van der Waals surface area (Å²) in [5.41, 5.74) is -0.202. The Labute approximate surface area is 125 Å². The van der Waals surface area contributed by atoms with Gasteiger partial charge in [0.15, 0.2) is 5.16 Å². The van der Waals surface area contributed by atoms with Crippen LogP contribution >= 0.6 is 11.8 Å². The van der Waals surface area contributed by atoms with Gasteiger partial charge in [0.1, 0.15) is 11.6 Å². The van der Waals surface area contributed by atoms with Crippen molar-refractivity contribution in [2.45, 2.75) is 49.7 Å². The van der Waals surface area contributed by atoms with Crippen LogP contribution in [-0.2, 0) is 0 Å². The van der Waals surface area contributed by atoms with E-state index in [0.29, 0.717) is 0 Å². The van der Waals surface area contributed by atoms with Gasteiger partial charge in [-0.1, -0.05) is 31.5 Å². The SMILES string of the molecule is CCCNc1cc(NC2(CO)CCCC2)nc(SC)n1. The average Bonchev–Trinajstić information content (AvgIpc) is 2.94. The highest BCUT2D eigenvalue weighted by atomic mass is 32.2. The van der Waals surface area contributed by atoms with Gasteiger partial charge in [-0.3, -0.25) is 0 Å². The normalized spacial score (nSPS) is 17.1. The number of rotatable bonds is 7. The van der Waals surface area contributed by atoms with Crippen molar-refractivity contribution in [2.75, 3.05) is 30.0 Å². The fraction of sp³-hybridized carbons (Fsp3) is 0.714. The summed E-state index contributed by atoms with van der Waals surface area (Å²) in [4.78, 5) is 8.96. The lowest BCUT2D eigenvalue weighted by molar-refractivity contribution is 0.213. The Morgan fingerprint density at radius 2 is 2.00 bits per heavy atom. The van der Waals surface area contributed by atoms with Crippen molar-refractivity contribution in [3.8, 4) is 0 Å². The monoisotopic (exact) mass is 296 g/mol. The lowest BCUT2D eigenvalue weighted by atomic mass is 9.99. The lowest BCUT2D eigenvalue weighted by Gasteiger charge is -2.28. The van der Waals surface area contributed by atoms with Crippen molar-refractivity contribution in [2.24, 2.45) is 0 Å². The van der Waals surface area contributed by atoms with Crippen molar-refractivity contribution >= 4 is 23.4 Å². The topological polar surface area (TPSA) is 70.1 Å². The molecule has 1 aromatic rings. The van der Waals surface area contributed by atoms with Gasteiger partial charge in [-0.15, -0.1) is 0 Å². The molecule has 6 heteroatoms. The Morgan fingerprint density at radius 3 is 2.60 bits per heavy atom. The summed E-state index contributed by atoms with van der Waals surface area (Å²) in [6, 6.07) is 1.94. The van der Waals surface area contributed by atoms with Gasteiger partial charge in [0.05, 0.1) is 12.1 Å². The number of aliphatic hydroxyl groups excluding tert-OH is 1. The van der Waals surface area contributed by atoms with Crippen LogP contribution in [0.1, 0.15) is 39.0 Å². The standard InChI is InChI=1S/C14H24N4OS/c1-3-8-15-11-9-12(17-13(16-11)20-2)18-14(10-19)6-4-5-7-14/h9,19H,3-8,10H2,1-2H3,(H2,15,16,17,18). The number of hydrogen-bond donors (Lipinski definition) is 3. The first kappa shape index (κ1) is 15.4. The van der Waals surface area contributed by atoms with Crippen LogP contribution < -0.4 is 10.6 Å². The van der Waals surface area contributed by atoms with Crippen LogP contribution in [0.5, 0.6) is 0 Å². The van der Waals surface area contributed by atoms with E-state index in [-0.39, 0.29) is 12.1 Å². The average molecular weight is 296 g/mol. The second-order valence-electron chi connectivity index (χ2n) is 5.32. The van der Waals surface area contributed by atoms with Crippen LogP contribution in [0.25, 0.3) is 0 Å². The molecule has 0 bridgehead atoms. The molecule has 1 saturated carbocycles. The summed E-state index contributed by atoms with van der Waals surface area (Å²) in [6.07, 6.45) is 7.35. The fourth-order valence-corrected chi connectivity index (χ4v) is 2.95. The molecule has 1 aliphatic carbocycles. The molecule has 112 valence electrons. The molecule has 5 nitrogen and oxygen atoms in total. The Bertz CT molecular complexity index is 435. The third-order valence-corrected chi connectivity index (χ3v) is 4.25. The molecule has 0 saturated heterocycles. The Kier molecular flexibility index (Phi) is 5.48. The molecule has 3 N–H and O–H groups in total. The quantitative estimate of drug-likeness (QED) is 0.531. The van der Waals surface area contributed by atoms with Crippen molar-refractivity contribution in [1.82, 2.24) is 9.97 Å². The third-order valence-electron chi connectivity index (χ3n) is 3.70. The lowest BCUT2D eigenvalue weighted by Crippen LogP contribution is -2.39. The summed E-state index contributed by atoms with van der Waals surface area (Å²) in [7, 11) is 0. The number of thioether (sulfide) groups is 1. The molecule has 1 heterocycles. The predicted molar refractivity (Wildman–Crippen MR) is 84.5 cm³/mol. The number of anilines is 2. The highest BCUT2D eigenvalue weighted by Gasteiger charge is 2.33. The largest absolute Gasteiger partial charge is 0.394 e. The molecule has 0 atom stereocenters. The first-order valence-corrected chi connectivity index (χ1v) is 8.50. The molecule has 1 aliphatic rings. The summed E-state index contributed by atoms with van der Waals surface area (Å²) in [5, 5.41) is 17.2. The highest BCUT2D eigenvalue weighted by molar-refractivity contribution is 7.98. The van der Waals surface area contributed by atoms with Gasteiger partial charge in [-0.25, -0.2) is 9.97 Å². The molecule has 0 aliphatic heterocycles. The first-order chi connectivity index (χ1) is 9.71. The summed E-state index contributed by atoms with van der Waals surface area (Å²) >= 11 is 1.53. The molecular formula is C14H24N4OS. The molecule has 0 radical (unpaired) electrons. The van der Waals surface area contributed by atoms with Gasteiger partial charge < -0.3 is 15.7 Å². The second kappa shape index (κ2) is 7.13. The van der Waals surface area contributed by atoms with Gasteiger partial charge in [0, 0.05) is 12.6 Å². The van der Waals surface area contributed by atoms with E-state index in [0.717, 1.165) is 55.4 Å². The van der Waals surface area contributed by atoms with E-state index in [2.05, 4.69) is 27.5 Å². The van der Waals surface area contributed by atoms with Crippen molar-refractivity contribution in [3.63, 3.8) is 0 Å². The zero-order valence-electron chi connectivity index (χ0n) is 12.3. The van der Waals surface area contributed by atoms with Crippen LogP contribution in [0.2, 0.25) is 0 Å². The smallest absolute Gasteiger partial charge is 0.191 e. The molecule has 0 aromatic carbocycles. The van der Waals surface area contributed by atoms with E-state index in [4.69, 9.17) is 0 Å². The molecule has 2 rings (SSSR count). The number of aliphatic hydroxyl groups is 1. The van der Waals surface area contributed by atoms with Crippen molar-refractivity contribution in [3.05, 3.63) is 6.07 Å². The Balaban J connectivity index is 2.17. The van der Waals surface area contributed by atoms with Crippen LogP contribution in [0.15, 0.2) is 11.2 Å². The van der Waals surface area contributed by atoms with Crippen LogP contribution in [-0.4, -0.2) is 40.0 Å². The Hall–Kier alpha value is -1.01. The number of aromatic nitrogens is 2. The maximum atomic E-state index is 9.69. The zero-order valence-corrected chi connectivity index (χ0v) is 13.1. The second-order valence-corrected chi connectivity index (χ2v) is 6.10. The van der Waals surface area contributed by atoms with Crippen LogP contribution in [0.4, 0.5) is 11.6 Å². The first-order valence-electron chi connectivity index (χ1n) is 7.27. The third kappa shape index (κ3) is 3.76. The van der Waals surface area contributed by atoms with E-state index < -0.39 is 0 Å². The zero-order chi connectivity index (χ0) is 14.4. The van der Waals surface area contributed by atoms with Crippen LogP contribution in [0, 0.1) is 0 Å². The van der Waals surface area contributed by atoms with Crippen molar-refractivity contribution < 1.29 is 5.11 Å². The van der Waals surface area contributed by atoms with Gasteiger partial charge in [-0.05, 0) is 25.5 Å². The maximum absolute atomic E-state index is 9.69. The summed E-state index contributed by atoms with van der Waals surface area (Å²) in [6.45, 7) is 3.18. The molecule has 0 amide bonds. The van der Waals surface area contributed by atoms with Gasteiger partial charge >= 0.3 is 0 Å². The van der Waals surface area contributed by atoms with Gasteiger partial charge in [0.25, 0.3) is 0 Å². The van der Waals surface area contributed by atoms with E-state index in [1.807, 2.05) is 12.3 Å². The fourth-order valence-electron chi connectivity index (χ4n) is 2.57. The van der Waals surface area contributed by atoms with E-state index in [1.165, 1.54) is 11.8 Å². The summed E-state index contributed by atoms with van der Waals surface area (Å²) < 4.78 is 0. The molecular weight excluding hydrogens is 272 g/mol. The molecule has 0 unspecified atom stereocenters. The van der Waals surface area contributed by atoms with Gasteiger partial charge in [-0.2, -0.15) is 0 Å². The maximum Gasteiger partial charge on any atom is 0.191 e. The highest BCUT2D eigenvalue weighted by Crippen LogP contribution is 2.33. The molecule has 0 spiro atoms. The van der Waals surface area contributed by atoms with E-state index >= 15 is 0 Å². The number of nitrogens with zero attached hydrogens (tertiary/aromatic N) is 2. The minimum atomic E-state index is -0.202. The minimum absolute atomic E-state index is 0.156. The molecule has 1 aromatic heterocycles. The summed E-state index contributed by atoms with van der Waals surface area (Å²) in [5.74, 6) is 1.65. The van der Waals surface area contributed by atoms with E-state index in [9.17, 15) is 5.11 Å². The molecule has 20 heavy (non-hydrogen) atoms. The van der Waals surface area contributed by atoms with E-state index in [1.54, 1.807) is 0 Å². The predicted octanol–water partition coefficient (Wildman–Crippen LogP) is 2.74. The van der Waals surface area contributed by atoms with Crippen molar-refractivity contribution in [1.29, 1.82) is 0 Å². The number of nitrogens with one attached hydrogen (secondary N) is 2. The van der Waals surface area contributed by atoms with Gasteiger partial charge in [0.2, 0.25) is 0 Å². The number of hydrogen-bond acceptors (Lipinski definition) is 6. The molecule has 1 fully saturated rings. The minimum Gasteiger partial charge on any atom is -0.394 e. The van der Waals surface area contributed by atoms with Crippen LogP contribution in [0.3, 0.4) is 0 Å². The Morgan fingerprint density at radius 1 is 1.30 bits per heavy atom.